The van der Waals surface area contributed by atoms with Gasteiger partial charge in [-0.1, -0.05) is 22.0 Å². The molecule has 0 unspecified atom stereocenters. The van der Waals surface area contributed by atoms with Gasteiger partial charge < -0.3 is 13.9 Å². The van der Waals surface area contributed by atoms with Crippen molar-refractivity contribution in [2.24, 2.45) is 4.99 Å². The summed E-state index contributed by atoms with van der Waals surface area (Å²) in [5.74, 6) is -0.161. The Kier molecular flexibility index (Phi) is 4.35. The maximum Gasteiger partial charge on any atom is 0.363 e. The fourth-order valence-corrected chi connectivity index (χ4v) is 2.58. The van der Waals surface area contributed by atoms with E-state index in [1.54, 1.807) is 19.1 Å². The van der Waals surface area contributed by atoms with Gasteiger partial charge in [-0.3, -0.25) is 0 Å². The first-order chi connectivity index (χ1) is 11.5. The normalized spacial score (nSPS) is 15.4. The molecule has 1 aromatic carbocycles. The van der Waals surface area contributed by atoms with Gasteiger partial charge in [0, 0.05) is 16.1 Å². The third-order valence-corrected chi connectivity index (χ3v) is 3.81. The summed E-state index contributed by atoms with van der Waals surface area (Å²) >= 11 is 3.36. The van der Waals surface area contributed by atoms with Crippen LogP contribution in [0.15, 0.2) is 49.9 Å². The van der Waals surface area contributed by atoms with E-state index in [4.69, 9.17) is 9.15 Å². The summed E-state index contributed by atoms with van der Waals surface area (Å²) < 4.78 is 16.1. The van der Waals surface area contributed by atoms with Crippen LogP contribution in [0.2, 0.25) is 0 Å². The summed E-state index contributed by atoms with van der Waals surface area (Å²) in [6.07, 6.45) is 1.42. The predicted octanol–water partition coefficient (Wildman–Crippen LogP) is 3.48. The van der Waals surface area contributed by atoms with E-state index in [1.165, 1.54) is 19.3 Å². The van der Waals surface area contributed by atoms with E-state index < -0.39 is 11.9 Å². The first-order valence-corrected chi connectivity index (χ1v) is 7.74. The number of nitrogens with zero attached hydrogens (tertiary/aromatic N) is 1. The fraction of sp³-hybridized carbons (Fsp3) is 0.118. The monoisotopic (exact) mass is 389 g/mol. The van der Waals surface area contributed by atoms with Gasteiger partial charge in [0.05, 0.1) is 7.11 Å². The minimum absolute atomic E-state index is 0.0927. The van der Waals surface area contributed by atoms with Gasteiger partial charge >= 0.3 is 11.9 Å². The second-order valence-electron chi connectivity index (χ2n) is 4.96. The predicted molar refractivity (Wildman–Crippen MR) is 89.5 cm³/mol. The van der Waals surface area contributed by atoms with Crippen molar-refractivity contribution in [3.8, 4) is 0 Å². The van der Waals surface area contributed by atoms with Gasteiger partial charge in [0.1, 0.15) is 17.1 Å². The van der Waals surface area contributed by atoms with Crippen molar-refractivity contribution in [1.29, 1.82) is 0 Å². The molecule has 0 bridgehead atoms. The van der Waals surface area contributed by atoms with Crippen LogP contribution in [0.5, 0.6) is 0 Å². The van der Waals surface area contributed by atoms with Crippen LogP contribution in [-0.2, 0) is 14.3 Å². The minimum Gasteiger partial charge on any atom is -0.465 e. The highest BCUT2D eigenvalue weighted by atomic mass is 79.9. The molecular weight excluding hydrogens is 378 g/mol. The van der Waals surface area contributed by atoms with E-state index in [0.717, 1.165) is 4.47 Å². The SMILES string of the molecule is COC(=O)c1cc(/C=C2/N=C(c3cccc(Br)c3)OC2=O)oc1C. The molecule has 0 amide bonds. The summed E-state index contributed by atoms with van der Waals surface area (Å²) in [6.45, 7) is 1.64. The highest BCUT2D eigenvalue weighted by Gasteiger charge is 2.25. The number of carbonyl (C=O) groups excluding carboxylic acids is 2. The van der Waals surface area contributed by atoms with E-state index in [1.807, 2.05) is 12.1 Å². The van der Waals surface area contributed by atoms with E-state index in [2.05, 4.69) is 25.7 Å². The lowest BCUT2D eigenvalue weighted by Crippen LogP contribution is -2.05. The van der Waals surface area contributed by atoms with Crippen LogP contribution < -0.4 is 0 Å². The Morgan fingerprint density at radius 1 is 1.33 bits per heavy atom. The van der Waals surface area contributed by atoms with Crippen molar-refractivity contribution in [3.05, 3.63) is 63.1 Å². The Bertz CT molecular complexity index is 894. The number of cyclic esters (lactones) is 1. The highest BCUT2D eigenvalue weighted by molar-refractivity contribution is 9.10. The number of aryl methyl sites for hydroxylation is 1. The zero-order valence-corrected chi connectivity index (χ0v) is 14.4. The van der Waals surface area contributed by atoms with Gasteiger partial charge in [-0.2, -0.15) is 0 Å². The zero-order chi connectivity index (χ0) is 17.3. The lowest BCUT2D eigenvalue weighted by Gasteiger charge is -1.99. The number of methoxy groups -OCH3 is 1. The zero-order valence-electron chi connectivity index (χ0n) is 12.8. The average Bonchev–Trinajstić information content (AvgIpc) is 3.10. The number of ether oxygens (including phenoxy) is 2. The minimum atomic E-state index is -0.585. The second kappa shape index (κ2) is 6.45. The summed E-state index contributed by atoms with van der Waals surface area (Å²) in [5, 5.41) is 0. The molecule has 0 saturated heterocycles. The number of hydrogen-bond acceptors (Lipinski definition) is 6. The lowest BCUT2D eigenvalue weighted by atomic mass is 10.2. The van der Waals surface area contributed by atoms with E-state index in [0.29, 0.717) is 22.6 Å². The van der Waals surface area contributed by atoms with Gasteiger partial charge in [-0.05, 0) is 31.2 Å². The summed E-state index contributed by atoms with van der Waals surface area (Å²) in [7, 11) is 1.29. The molecule has 24 heavy (non-hydrogen) atoms. The van der Waals surface area contributed by atoms with E-state index in [-0.39, 0.29) is 11.6 Å². The third-order valence-electron chi connectivity index (χ3n) is 3.31. The molecule has 0 aliphatic carbocycles. The third kappa shape index (κ3) is 3.16. The van der Waals surface area contributed by atoms with E-state index in [9.17, 15) is 9.59 Å². The maximum absolute atomic E-state index is 12.0. The van der Waals surface area contributed by atoms with Gasteiger partial charge in [0.2, 0.25) is 5.90 Å². The fourth-order valence-electron chi connectivity index (χ4n) is 2.18. The van der Waals surface area contributed by atoms with Crippen molar-refractivity contribution in [1.82, 2.24) is 0 Å². The Hall–Kier alpha value is -2.67. The molecule has 0 N–H and O–H groups in total. The number of benzene rings is 1. The molecule has 7 heteroatoms. The number of hydrogen-bond donors (Lipinski definition) is 0. The van der Waals surface area contributed by atoms with Crippen molar-refractivity contribution in [2.75, 3.05) is 7.11 Å². The first-order valence-electron chi connectivity index (χ1n) is 6.95. The van der Waals surface area contributed by atoms with Gasteiger partial charge in [-0.25, -0.2) is 14.6 Å². The van der Waals surface area contributed by atoms with Crippen molar-refractivity contribution in [2.45, 2.75) is 6.92 Å². The van der Waals surface area contributed by atoms with Crippen molar-refractivity contribution >= 4 is 39.8 Å². The summed E-state index contributed by atoms with van der Waals surface area (Å²) in [4.78, 5) is 27.8. The summed E-state index contributed by atoms with van der Waals surface area (Å²) in [5.41, 5.74) is 1.06. The number of carbonyl (C=O) groups is 2. The standard InChI is InChI=1S/C17H12BrNO5/c1-9-13(16(20)22-2)7-12(23-9)8-14-17(21)24-15(19-14)10-4-3-5-11(18)6-10/h3-8H,1-2H3/b14-8+. The Balaban J connectivity index is 1.93. The van der Waals surface area contributed by atoms with Crippen LogP contribution in [0.1, 0.15) is 27.4 Å². The highest BCUT2D eigenvalue weighted by Crippen LogP contribution is 2.23. The number of furan rings is 1. The molecule has 1 aromatic heterocycles. The van der Waals surface area contributed by atoms with Gasteiger partial charge in [-0.15, -0.1) is 0 Å². The molecule has 6 nitrogen and oxygen atoms in total. The van der Waals surface area contributed by atoms with Crippen molar-refractivity contribution < 1.29 is 23.5 Å². The Morgan fingerprint density at radius 3 is 2.83 bits per heavy atom. The molecule has 1 aliphatic heterocycles. The number of esters is 2. The molecule has 1 aliphatic rings. The van der Waals surface area contributed by atoms with Crippen LogP contribution in [0.4, 0.5) is 0 Å². The molecule has 0 atom stereocenters. The molecule has 3 rings (SSSR count). The van der Waals surface area contributed by atoms with Gasteiger partial charge in [0.15, 0.2) is 5.70 Å². The largest absolute Gasteiger partial charge is 0.465 e. The van der Waals surface area contributed by atoms with Gasteiger partial charge in [0.25, 0.3) is 0 Å². The van der Waals surface area contributed by atoms with Crippen LogP contribution in [0, 0.1) is 6.92 Å². The molecular formula is C17H12BrNO5. The van der Waals surface area contributed by atoms with Crippen LogP contribution in [0.25, 0.3) is 6.08 Å². The van der Waals surface area contributed by atoms with Crippen LogP contribution in [0.3, 0.4) is 0 Å². The van der Waals surface area contributed by atoms with Crippen LogP contribution >= 0.6 is 15.9 Å². The molecule has 0 spiro atoms. The average molecular weight is 390 g/mol. The lowest BCUT2D eigenvalue weighted by molar-refractivity contribution is -0.129. The molecule has 2 heterocycles. The quantitative estimate of drug-likeness (QED) is 0.592. The summed E-state index contributed by atoms with van der Waals surface area (Å²) in [6, 6.07) is 8.75. The number of rotatable bonds is 3. The maximum atomic E-state index is 12.0. The number of aliphatic imine (C=N–C) groups is 1. The first kappa shape index (κ1) is 16.2. The smallest absolute Gasteiger partial charge is 0.363 e. The molecule has 0 saturated carbocycles. The Labute approximate surface area is 145 Å². The topological polar surface area (TPSA) is 78.1 Å². The molecule has 2 aromatic rings. The second-order valence-corrected chi connectivity index (χ2v) is 5.87. The molecule has 0 radical (unpaired) electrons. The van der Waals surface area contributed by atoms with Crippen molar-refractivity contribution in [3.63, 3.8) is 0 Å². The molecule has 122 valence electrons. The van der Waals surface area contributed by atoms with E-state index >= 15 is 0 Å². The Morgan fingerprint density at radius 2 is 2.12 bits per heavy atom. The van der Waals surface area contributed by atoms with Crippen LogP contribution in [-0.4, -0.2) is 24.9 Å². The molecule has 0 fully saturated rings. The number of halogens is 1.